The Balaban J connectivity index is 1.59. The smallest absolute Gasteiger partial charge is 0.399 e. The van der Waals surface area contributed by atoms with E-state index in [0.717, 1.165) is 22.2 Å². The fourth-order valence-corrected chi connectivity index (χ4v) is 4.02. The Morgan fingerprint density at radius 3 is 2.39 bits per heavy atom. The first-order chi connectivity index (χ1) is 16.8. The maximum atomic E-state index is 13.0. The van der Waals surface area contributed by atoms with Crippen molar-refractivity contribution in [3.63, 3.8) is 0 Å². The standard InChI is InChI=1S/C29H32BN3O3/c1-19-11-12-23(33-26(34)21-13-14-32-25(16-21)27(2,3)18-31)17-24(19)20-9-8-10-22(15-20)30-35-28(4,5)29(6,7)36-30/h8-17H,1-7H3,(H,33,34). The van der Waals surface area contributed by atoms with Gasteiger partial charge in [0.25, 0.3) is 5.91 Å². The summed E-state index contributed by atoms with van der Waals surface area (Å²) in [4.78, 5) is 17.3. The molecule has 36 heavy (non-hydrogen) atoms. The Kier molecular flexibility index (Phi) is 6.55. The first-order valence-electron chi connectivity index (χ1n) is 12.1. The topological polar surface area (TPSA) is 84.2 Å². The number of carbonyl (C=O) groups excluding carboxylic acids is 1. The highest BCUT2D eigenvalue weighted by Gasteiger charge is 2.51. The lowest BCUT2D eigenvalue weighted by molar-refractivity contribution is 0.00578. The van der Waals surface area contributed by atoms with Crippen molar-refractivity contribution in [2.75, 3.05) is 5.32 Å². The highest BCUT2D eigenvalue weighted by Crippen LogP contribution is 2.37. The molecule has 0 saturated carbocycles. The van der Waals surface area contributed by atoms with Crippen LogP contribution in [0.15, 0.2) is 60.8 Å². The third-order valence-corrected chi connectivity index (χ3v) is 7.16. The van der Waals surface area contributed by atoms with Gasteiger partial charge in [-0.25, -0.2) is 0 Å². The molecule has 1 aliphatic heterocycles. The van der Waals surface area contributed by atoms with E-state index in [1.54, 1.807) is 32.2 Å². The molecular weight excluding hydrogens is 449 g/mol. The number of anilines is 1. The monoisotopic (exact) mass is 481 g/mol. The SMILES string of the molecule is Cc1ccc(NC(=O)c2ccnc(C(C)(C)C#N)c2)cc1-c1cccc(B2OC(C)(C)C(C)(C)O2)c1. The summed E-state index contributed by atoms with van der Waals surface area (Å²) in [6.45, 7) is 13.8. The summed E-state index contributed by atoms with van der Waals surface area (Å²) < 4.78 is 12.5. The number of benzene rings is 2. The van der Waals surface area contributed by atoms with Crippen LogP contribution in [0, 0.1) is 18.3 Å². The Labute approximate surface area is 213 Å². The number of nitrogens with zero attached hydrogens (tertiary/aromatic N) is 2. The van der Waals surface area contributed by atoms with E-state index in [1.165, 1.54) is 0 Å². The summed E-state index contributed by atoms with van der Waals surface area (Å²) in [5.41, 5.74) is 4.13. The van der Waals surface area contributed by atoms with Gasteiger partial charge in [-0.1, -0.05) is 30.3 Å². The second kappa shape index (κ2) is 9.20. The van der Waals surface area contributed by atoms with Crippen molar-refractivity contribution >= 4 is 24.2 Å². The minimum absolute atomic E-state index is 0.256. The molecule has 1 aliphatic rings. The molecule has 0 aliphatic carbocycles. The van der Waals surface area contributed by atoms with Crippen LogP contribution in [0.2, 0.25) is 0 Å². The van der Waals surface area contributed by atoms with Crippen LogP contribution in [-0.4, -0.2) is 29.2 Å². The van der Waals surface area contributed by atoms with Crippen molar-refractivity contribution in [3.8, 4) is 17.2 Å². The lowest BCUT2D eigenvalue weighted by Crippen LogP contribution is -2.41. The molecule has 3 aromatic rings. The molecule has 0 bridgehead atoms. The van der Waals surface area contributed by atoms with Crippen molar-refractivity contribution in [2.45, 2.75) is 65.1 Å². The van der Waals surface area contributed by atoms with Gasteiger partial charge < -0.3 is 14.6 Å². The molecule has 6 nitrogen and oxygen atoms in total. The molecule has 1 amide bonds. The summed E-state index contributed by atoms with van der Waals surface area (Å²) in [6, 6.07) is 19.5. The van der Waals surface area contributed by atoms with Crippen LogP contribution in [0.25, 0.3) is 11.1 Å². The zero-order valence-corrected chi connectivity index (χ0v) is 22.0. The molecular formula is C29H32BN3O3. The van der Waals surface area contributed by atoms with Gasteiger partial charge in [0, 0.05) is 17.4 Å². The van der Waals surface area contributed by atoms with Crippen LogP contribution in [0.4, 0.5) is 5.69 Å². The van der Waals surface area contributed by atoms with Gasteiger partial charge in [-0.2, -0.15) is 5.26 Å². The van der Waals surface area contributed by atoms with Crippen molar-refractivity contribution in [3.05, 3.63) is 77.6 Å². The van der Waals surface area contributed by atoms with Crippen molar-refractivity contribution < 1.29 is 14.1 Å². The highest BCUT2D eigenvalue weighted by atomic mass is 16.7. The Hall–Kier alpha value is -3.47. The highest BCUT2D eigenvalue weighted by molar-refractivity contribution is 6.62. The molecule has 0 radical (unpaired) electrons. The molecule has 0 unspecified atom stereocenters. The second-order valence-electron chi connectivity index (χ2n) is 10.9. The average molecular weight is 481 g/mol. The number of rotatable bonds is 5. The number of nitriles is 1. The predicted octanol–water partition coefficient (Wildman–Crippen LogP) is 5.41. The number of nitrogens with one attached hydrogen (secondary N) is 1. The molecule has 1 aromatic heterocycles. The maximum Gasteiger partial charge on any atom is 0.494 e. The fraction of sp³-hybridized carbons (Fsp3) is 0.345. The van der Waals surface area contributed by atoms with E-state index in [0.29, 0.717) is 16.9 Å². The van der Waals surface area contributed by atoms with Crippen molar-refractivity contribution in [1.82, 2.24) is 4.98 Å². The van der Waals surface area contributed by atoms with Gasteiger partial charge in [-0.15, -0.1) is 0 Å². The molecule has 1 N–H and O–H groups in total. The molecule has 1 saturated heterocycles. The van der Waals surface area contributed by atoms with Crippen LogP contribution in [0.3, 0.4) is 0 Å². The van der Waals surface area contributed by atoms with Crippen molar-refractivity contribution in [1.29, 1.82) is 5.26 Å². The summed E-state index contributed by atoms with van der Waals surface area (Å²) in [6.07, 6.45) is 1.56. The Bertz CT molecular complexity index is 1340. The molecule has 1 fully saturated rings. The van der Waals surface area contributed by atoms with Gasteiger partial charge in [0.2, 0.25) is 0 Å². The van der Waals surface area contributed by atoms with E-state index in [2.05, 4.69) is 22.4 Å². The number of carbonyl (C=O) groups is 1. The quantitative estimate of drug-likeness (QED) is 0.493. The lowest BCUT2D eigenvalue weighted by atomic mass is 9.77. The number of aromatic nitrogens is 1. The van der Waals surface area contributed by atoms with E-state index in [4.69, 9.17) is 9.31 Å². The average Bonchev–Trinajstić information content (AvgIpc) is 3.07. The largest absolute Gasteiger partial charge is 0.494 e. The molecule has 4 rings (SSSR count). The van der Waals surface area contributed by atoms with Crippen LogP contribution in [0.5, 0.6) is 0 Å². The van der Waals surface area contributed by atoms with Crippen LogP contribution >= 0.6 is 0 Å². The summed E-state index contributed by atoms with van der Waals surface area (Å²) >= 11 is 0. The van der Waals surface area contributed by atoms with E-state index in [-0.39, 0.29) is 5.91 Å². The van der Waals surface area contributed by atoms with Gasteiger partial charge in [-0.05, 0) is 94.9 Å². The first-order valence-corrected chi connectivity index (χ1v) is 12.1. The summed E-state index contributed by atoms with van der Waals surface area (Å²) in [5, 5.41) is 12.4. The molecule has 184 valence electrons. The summed E-state index contributed by atoms with van der Waals surface area (Å²) in [7, 11) is -0.448. The van der Waals surface area contributed by atoms with E-state index in [9.17, 15) is 10.1 Å². The van der Waals surface area contributed by atoms with Crippen LogP contribution in [-0.2, 0) is 14.7 Å². The maximum absolute atomic E-state index is 13.0. The molecule has 0 spiro atoms. The number of hydrogen-bond donors (Lipinski definition) is 1. The van der Waals surface area contributed by atoms with Gasteiger partial charge >= 0.3 is 7.12 Å². The second-order valence-corrected chi connectivity index (χ2v) is 10.9. The van der Waals surface area contributed by atoms with E-state index in [1.807, 2.05) is 71.0 Å². The summed E-state index contributed by atoms with van der Waals surface area (Å²) in [5.74, 6) is -0.256. The van der Waals surface area contributed by atoms with E-state index >= 15 is 0 Å². The zero-order chi connectivity index (χ0) is 26.3. The third-order valence-electron chi connectivity index (χ3n) is 7.16. The normalized spacial score (nSPS) is 16.4. The molecule has 7 heteroatoms. The molecule has 2 heterocycles. The van der Waals surface area contributed by atoms with E-state index < -0.39 is 23.7 Å². The van der Waals surface area contributed by atoms with Crippen molar-refractivity contribution in [2.24, 2.45) is 0 Å². The predicted molar refractivity (Wildman–Crippen MR) is 143 cm³/mol. The van der Waals surface area contributed by atoms with Crippen LogP contribution < -0.4 is 10.8 Å². The Morgan fingerprint density at radius 2 is 1.72 bits per heavy atom. The van der Waals surface area contributed by atoms with Gasteiger partial charge in [0.15, 0.2) is 0 Å². The van der Waals surface area contributed by atoms with Gasteiger partial charge in [-0.3, -0.25) is 9.78 Å². The van der Waals surface area contributed by atoms with Crippen LogP contribution in [0.1, 0.15) is 63.2 Å². The number of hydrogen-bond acceptors (Lipinski definition) is 5. The first kappa shape index (κ1) is 25.6. The van der Waals surface area contributed by atoms with Gasteiger partial charge in [0.05, 0.1) is 28.4 Å². The number of amides is 1. The minimum atomic E-state index is -0.782. The number of aryl methyl sites for hydroxylation is 1. The third kappa shape index (κ3) is 4.93. The van der Waals surface area contributed by atoms with Gasteiger partial charge in [0.1, 0.15) is 0 Å². The molecule has 2 aromatic carbocycles. The molecule has 0 atom stereocenters. The Morgan fingerprint density at radius 1 is 1.03 bits per heavy atom. The minimum Gasteiger partial charge on any atom is -0.399 e. The lowest BCUT2D eigenvalue weighted by Gasteiger charge is -2.32. The zero-order valence-electron chi connectivity index (χ0n) is 22.0. The fourth-order valence-electron chi connectivity index (χ4n) is 4.02. The number of pyridine rings is 1.